The highest BCUT2D eigenvalue weighted by molar-refractivity contribution is 6.33. The number of benzene rings is 1. The maximum Gasteiger partial charge on any atom is 0.325 e. The minimum absolute atomic E-state index is 0.0537. The predicted octanol–water partition coefficient (Wildman–Crippen LogP) is 3.46. The van der Waals surface area contributed by atoms with Gasteiger partial charge in [0.05, 0.1) is 0 Å². The molecule has 0 spiro atoms. The lowest BCUT2D eigenvalue weighted by Crippen LogP contribution is -2.57. The second kappa shape index (κ2) is 6.02. The number of nitrogens with zero attached hydrogens (tertiary/aromatic N) is 2. The highest BCUT2D eigenvalue weighted by atomic mass is 35.5. The summed E-state index contributed by atoms with van der Waals surface area (Å²) in [5, 5.41) is 3.89. The molecule has 2 bridgehead atoms. The smallest absolute Gasteiger partial charge is 0.325 e. The van der Waals surface area contributed by atoms with Gasteiger partial charge in [0, 0.05) is 41.1 Å². The third kappa shape index (κ3) is 2.89. The molecule has 2 aromatic rings. The quantitative estimate of drug-likeness (QED) is 0.916. The zero-order valence-electron chi connectivity index (χ0n) is 12.9. The van der Waals surface area contributed by atoms with E-state index in [0.717, 1.165) is 17.7 Å². The maximum absolute atomic E-state index is 12.5. The monoisotopic (exact) mass is 329 g/mol. The van der Waals surface area contributed by atoms with Crippen LogP contribution >= 0.6 is 11.6 Å². The zero-order chi connectivity index (χ0) is 15.8. The molecule has 0 unspecified atom stereocenters. The van der Waals surface area contributed by atoms with Crippen molar-refractivity contribution in [3.63, 3.8) is 0 Å². The van der Waals surface area contributed by atoms with Crippen molar-refractivity contribution in [3.05, 3.63) is 47.7 Å². The standard InChI is InChI=1S/C18H20ClN3O/c19-16-4-2-1-3-15(16)14-7-10-22(11-14)18(23)20-17-12-21-8-5-13(17)6-9-21/h1-4,7,10-11,13,17H,5-6,8-9,12H2,(H,20,23)/t17-/m0/s1. The van der Waals surface area contributed by atoms with Gasteiger partial charge in [-0.05, 0) is 44.0 Å². The lowest BCUT2D eigenvalue weighted by molar-refractivity contribution is 0.0767. The Morgan fingerprint density at radius 3 is 2.65 bits per heavy atom. The van der Waals surface area contributed by atoms with Crippen LogP contribution in [0.5, 0.6) is 0 Å². The maximum atomic E-state index is 12.5. The highest BCUT2D eigenvalue weighted by Crippen LogP contribution is 2.29. The second-order valence-electron chi connectivity index (χ2n) is 6.48. The predicted molar refractivity (Wildman–Crippen MR) is 91.8 cm³/mol. The van der Waals surface area contributed by atoms with Crippen LogP contribution in [0, 0.1) is 5.92 Å². The number of carbonyl (C=O) groups is 1. The number of fused-ring (bicyclic) bond motifs is 3. The molecule has 5 rings (SSSR count). The average molecular weight is 330 g/mol. The van der Waals surface area contributed by atoms with Gasteiger partial charge in [0.25, 0.3) is 0 Å². The molecule has 4 nitrogen and oxygen atoms in total. The van der Waals surface area contributed by atoms with Crippen LogP contribution in [0.15, 0.2) is 42.7 Å². The molecule has 1 amide bonds. The van der Waals surface area contributed by atoms with E-state index >= 15 is 0 Å². The fourth-order valence-corrected chi connectivity index (χ4v) is 3.98. The van der Waals surface area contributed by atoms with Crippen LogP contribution in [-0.2, 0) is 0 Å². The van der Waals surface area contributed by atoms with Crippen molar-refractivity contribution in [1.29, 1.82) is 0 Å². The van der Waals surface area contributed by atoms with Crippen LogP contribution in [-0.4, -0.2) is 41.2 Å². The van der Waals surface area contributed by atoms with E-state index < -0.39 is 0 Å². The molecule has 3 aliphatic rings. The van der Waals surface area contributed by atoms with Crippen molar-refractivity contribution in [2.24, 2.45) is 5.92 Å². The molecule has 1 N–H and O–H groups in total. The molecule has 3 fully saturated rings. The number of hydrogen-bond acceptors (Lipinski definition) is 2. The number of nitrogens with one attached hydrogen (secondary N) is 1. The Morgan fingerprint density at radius 1 is 1.17 bits per heavy atom. The number of amides is 1. The molecule has 5 heteroatoms. The molecule has 0 radical (unpaired) electrons. The van der Waals surface area contributed by atoms with E-state index in [1.165, 1.54) is 25.9 Å². The fraction of sp³-hybridized carbons (Fsp3) is 0.389. The molecule has 1 aromatic carbocycles. The van der Waals surface area contributed by atoms with Gasteiger partial charge < -0.3 is 10.2 Å². The number of carbonyl (C=O) groups excluding carboxylic acids is 1. The minimum atomic E-state index is -0.0537. The number of halogens is 1. The highest BCUT2D eigenvalue weighted by Gasteiger charge is 2.34. The Morgan fingerprint density at radius 2 is 1.96 bits per heavy atom. The topological polar surface area (TPSA) is 37.3 Å². The lowest BCUT2D eigenvalue weighted by atomic mass is 9.84. The van der Waals surface area contributed by atoms with E-state index in [2.05, 4.69) is 10.2 Å². The summed E-state index contributed by atoms with van der Waals surface area (Å²) in [6, 6.07) is 9.83. The number of rotatable bonds is 2. The van der Waals surface area contributed by atoms with Crippen molar-refractivity contribution < 1.29 is 4.79 Å². The largest absolute Gasteiger partial charge is 0.333 e. The molecule has 3 saturated heterocycles. The second-order valence-corrected chi connectivity index (χ2v) is 6.89. The first-order chi connectivity index (χ1) is 11.2. The number of aromatic nitrogens is 1. The van der Waals surface area contributed by atoms with Gasteiger partial charge in [-0.2, -0.15) is 0 Å². The Bertz CT molecular complexity index is 719. The summed E-state index contributed by atoms with van der Waals surface area (Å²) in [5.41, 5.74) is 1.91. The molecule has 4 heterocycles. The molecular weight excluding hydrogens is 310 g/mol. The van der Waals surface area contributed by atoms with Crippen LogP contribution in [0.4, 0.5) is 4.79 Å². The first-order valence-electron chi connectivity index (χ1n) is 8.17. The normalized spacial score (nSPS) is 26.2. The van der Waals surface area contributed by atoms with Crippen LogP contribution < -0.4 is 5.32 Å². The zero-order valence-corrected chi connectivity index (χ0v) is 13.7. The van der Waals surface area contributed by atoms with Crippen molar-refractivity contribution in [2.75, 3.05) is 19.6 Å². The van der Waals surface area contributed by atoms with E-state index in [-0.39, 0.29) is 12.1 Å². The van der Waals surface area contributed by atoms with Crippen LogP contribution in [0.3, 0.4) is 0 Å². The Balaban J connectivity index is 1.48. The van der Waals surface area contributed by atoms with Crippen molar-refractivity contribution in [1.82, 2.24) is 14.8 Å². The van der Waals surface area contributed by atoms with Crippen molar-refractivity contribution >= 4 is 17.6 Å². The van der Waals surface area contributed by atoms with E-state index in [9.17, 15) is 4.79 Å². The van der Waals surface area contributed by atoms with E-state index in [0.29, 0.717) is 10.9 Å². The molecular formula is C18H20ClN3O. The SMILES string of the molecule is O=C(N[C@H]1CN2CCC1CC2)n1ccc(-c2ccccc2Cl)c1. The van der Waals surface area contributed by atoms with E-state index in [1.807, 2.05) is 36.5 Å². The molecule has 0 saturated carbocycles. The summed E-state index contributed by atoms with van der Waals surface area (Å²) >= 11 is 6.23. The van der Waals surface area contributed by atoms with Crippen LogP contribution in [0.25, 0.3) is 11.1 Å². The summed E-state index contributed by atoms with van der Waals surface area (Å²) < 4.78 is 1.62. The summed E-state index contributed by atoms with van der Waals surface area (Å²) in [4.78, 5) is 15.0. The molecule has 1 aromatic heterocycles. The van der Waals surface area contributed by atoms with Gasteiger partial charge in [-0.1, -0.05) is 29.8 Å². The van der Waals surface area contributed by atoms with Crippen LogP contribution in [0.2, 0.25) is 5.02 Å². The van der Waals surface area contributed by atoms with Gasteiger partial charge in [0.2, 0.25) is 0 Å². The molecule has 0 aliphatic carbocycles. The first-order valence-corrected chi connectivity index (χ1v) is 8.54. The third-order valence-corrected chi connectivity index (χ3v) is 5.41. The molecule has 23 heavy (non-hydrogen) atoms. The number of hydrogen-bond donors (Lipinski definition) is 1. The minimum Gasteiger partial charge on any atom is -0.333 e. The summed E-state index contributed by atoms with van der Waals surface area (Å²) in [6.45, 7) is 3.34. The first kappa shape index (κ1) is 14.8. The summed E-state index contributed by atoms with van der Waals surface area (Å²) in [7, 11) is 0. The van der Waals surface area contributed by atoms with Crippen molar-refractivity contribution in [2.45, 2.75) is 18.9 Å². The van der Waals surface area contributed by atoms with Gasteiger partial charge in [0.15, 0.2) is 0 Å². The van der Waals surface area contributed by atoms with Gasteiger partial charge in [-0.3, -0.25) is 4.57 Å². The third-order valence-electron chi connectivity index (χ3n) is 5.08. The Hall–Kier alpha value is -1.78. The summed E-state index contributed by atoms with van der Waals surface area (Å²) in [5.74, 6) is 0.627. The lowest BCUT2D eigenvalue weighted by Gasteiger charge is -2.44. The van der Waals surface area contributed by atoms with E-state index in [1.54, 1.807) is 10.8 Å². The van der Waals surface area contributed by atoms with Gasteiger partial charge in [-0.15, -0.1) is 0 Å². The van der Waals surface area contributed by atoms with Gasteiger partial charge in [-0.25, -0.2) is 4.79 Å². The fourth-order valence-electron chi connectivity index (χ4n) is 3.74. The summed E-state index contributed by atoms with van der Waals surface area (Å²) in [6.07, 6.45) is 6.04. The van der Waals surface area contributed by atoms with Gasteiger partial charge in [0.1, 0.15) is 0 Å². The average Bonchev–Trinajstić information content (AvgIpc) is 3.06. The van der Waals surface area contributed by atoms with Gasteiger partial charge >= 0.3 is 6.03 Å². The number of piperidine rings is 3. The van der Waals surface area contributed by atoms with E-state index in [4.69, 9.17) is 11.6 Å². The molecule has 120 valence electrons. The van der Waals surface area contributed by atoms with Crippen molar-refractivity contribution in [3.8, 4) is 11.1 Å². The van der Waals surface area contributed by atoms with Crippen LogP contribution in [0.1, 0.15) is 12.8 Å². The Kier molecular flexibility index (Phi) is 3.87. The molecule has 1 atom stereocenters. The molecule has 3 aliphatic heterocycles. The Labute approximate surface area is 141 Å².